The molecule has 90 valence electrons. The first-order chi connectivity index (χ1) is 8.04. The van der Waals surface area contributed by atoms with Gasteiger partial charge in [0.05, 0.1) is 19.0 Å². The highest BCUT2D eigenvalue weighted by Crippen LogP contribution is 2.73. The Morgan fingerprint density at radius 2 is 2.00 bits per heavy atom. The summed E-state index contributed by atoms with van der Waals surface area (Å²) in [5, 5.41) is 0. The van der Waals surface area contributed by atoms with E-state index in [0.29, 0.717) is 6.61 Å². The molecule has 2 bridgehead atoms. The van der Waals surface area contributed by atoms with Crippen LogP contribution >= 0.6 is 0 Å². The monoisotopic (exact) mass is 236 g/mol. The predicted octanol–water partition coefficient (Wildman–Crippen LogP) is 1.75. The smallest absolute Gasteiger partial charge is 0.316 e. The number of rotatable bonds is 4. The van der Waals surface area contributed by atoms with Crippen LogP contribution in [0.5, 0.6) is 6.01 Å². The molecule has 4 nitrogen and oxygen atoms in total. The second kappa shape index (κ2) is 3.24. The summed E-state index contributed by atoms with van der Waals surface area (Å²) in [5.41, 5.74) is 0.0937. The van der Waals surface area contributed by atoms with Crippen LogP contribution in [-0.2, 0) is 4.79 Å². The van der Waals surface area contributed by atoms with Crippen molar-refractivity contribution in [3.05, 3.63) is 18.2 Å². The molecular formula is C12H13FN2O2. The van der Waals surface area contributed by atoms with E-state index < -0.39 is 5.82 Å². The Labute approximate surface area is 98.2 Å². The second-order valence-electron chi connectivity index (χ2n) is 5.34. The van der Waals surface area contributed by atoms with Crippen molar-refractivity contribution >= 4 is 5.78 Å². The fraction of sp³-hybridized carbons (Fsp3) is 0.583. The van der Waals surface area contributed by atoms with Gasteiger partial charge in [0, 0.05) is 10.8 Å². The Balaban J connectivity index is 1.55. The van der Waals surface area contributed by atoms with Gasteiger partial charge in [-0.05, 0) is 26.2 Å². The van der Waals surface area contributed by atoms with Crippen LogP contribution in [0.3, 0.4) is 0 Å². The van der Waals surface area contributed by atoms with Gasteiger partial charge in [-0.2, -0.15) is 0 Å². The summed E-state index contributed by atoms with van der Waals surface area (Å²) in [7, 11) is 0. The zero-order valence-corrected chi connectivity index (χ0v) is 9.57. The van der Waals surface area contributed by atoms with E-state index in [0.717, 1.165) is 31.7 Å². The summed E-state index contributed by atoms with van der Waals surface area (Å²) in [6, 6.07) is 0.202. The first-order valence-electron chi connectivity index (χ1n) is 5.65. The van der Waals surface area contributed by atoms with Crippen molar-refractivity contribution in [1.29, 1.82) is 0 Å². The molecule has 0 aliphatic heterocycles. The first-order valence-corrected chi connectivity index (χ1v) is 5.65. The van der Waals surface area contributed by atoms with Gasteiger partial charge in [-0.25, -0.2) is 14.4 Å². The molecular weight excluding hydrogens is 223 g/mol. The largest absolute Gasteiger partial charge is 0.463 e. The third-order valence-electron chi connectivity index (χ3n) is 3.99. The van der Waals surface area contributed by atoms with Crippen LogP contribution in [0.4, 0.5) is 4.39 Å². The number of ether oxygens (including phenoxy) is 1. The normalized spacial score (nSPS) is 33.5. The molecule has 0 amide bonds. The molecule has 3 fully saturated rings. The second-order valence-corrected chi connectivity index (χ2v) is 5.34. The van der Waals surface area contributed by atoms with Crippen molar-refractivity contribution in [3.8, 4) is 6.01 Å². The quantitative estimate of drug-likeness (QED) is 0.799. The van der Waals surface area contributed by atoms with Crippen LogP contribution in [0.25, 0.3) is 0 Å². The molecule has 3 saturated carbocycles. The summed E-state index contributed by atoms with van der Waals surface area (Å²) < 4.78 is 18.0. The number of aromatic nitrogens is 2. The van der Waals surface area contributed by atoms with Crippen molar-refractivity contribution in [2.24, 2.45) is 10.8 Å². The summed E-state index contributed by atoms with van der Waals surface area (Å²) >= 11 is 0. The maximum atomic E-state index is 12.6. The van der Waals surface area contributed by atoms with Crippen LogP contribution in [0.2, 0.25) is 0 Å². The van der Waals surface area contributed by atoms with Gasteiger partial charge >= 0.3 is 6.01 Å². The molecule has 0 spiro atoms. The number of carbonyl (C=O) groups is 1. The lowest BCUT2D eigenvalue weighted by Crippen LogP contribution is -2.67. The summed E-state index contributed by atoms with van der Waals surface area (Å²) in [4.78, 5) is 18.8. The molecule has 5 heteroatoms. The molecule has 1 aromatic heterocycles. The zero-order chi connectivity index (χ0) is 12.1. The zero-order valence-electron chi connectivity index (χ0n) is 9.57. The SMILES string of the molecule is CC(=O)C12CC(COc3ncc(F)cn3)(C1)C2. The molecule has 3 aliphatic rings. The molecule has 0 atom stereocenters. The van der Waals surface area contributed by atoms with E-state index >= 15 is 0 Å². The van der Waals surface area contributed by atoms with Gasteiger partial charge in [0.2, 0.25) is 0 Å². The Hall–Kier alpha value is -1.52. The lowest BCUT2D eigenvalue weighted by molar-refractivity contribution is -0.214. The van der Waals surface area contributed by atoms with Crippen molar-refractivity contribution in [3.63, 3.8) is 0 Å². The molecule has 0 N–H and O–H groups in total. The fourth-order valence-corrected chi connectivity index (χ4v) is 3.12. The summed E-state index contributed by atoms with van der Waals surface area (Å²) in [6.45, 7) is 2.18. The van der Waals surface area contributed by atoms with Gasteiger partial charge in [0.25, 0.3) is 0 Å². The third-order valence-corrected chi connectivity index (χ3v) is 3.99. The van der Waals surface area contributed by atoms with E-state index in [4.69, 9.17) is 4.74 Å². The van der Waals surface area contributed by atoms with Crippen molar-refractivity contribution in [1.82, 2.24) is 9.97 Å². The van der Waals surface area contributed by atoms with E-state index in [1.165, 1.54) is 0 Å². The number of carbonyl (C=O) groups excluding carboxylic acids is 1. The molecule has 0 aromatic carbocycles. The molecule has 17 heavy (non-hydrogen) atoms. The van der Waals surface area contributed by atoms with Gasteiger partial charge in [0.15, 0.2) is 5.82 Å². The Kier molecular flexibility index (Phi) is 2.03. The van der Waals surface area contributed by atoms with Crippen molar-refractivity contribution in [2.75, 3.05) is 6.61 Å². The van der Waals surface area contributed by atoms with E-state index in [9.17, 15) is 9.18 Å². The standard InChI is InChI=1S/C12H13FN2O2/c1-8(16)12-4-11(5-12,6-12)7-17-10-14-2-9(13)3-15-10/h2-3H,4-7H2,1H3. The van der Waals surface area contributed by atoms with Crippen molar-refractivity contribution < 1.29 is 13.9 Å². The number of halogens is 1. The molecule has 0 saturated heterocycles. The van der Waals surface area contributed by atoms with E-state index in [2.05, 4.69) is 9.97 Å². The highest BCUT2D eigenvalue weighted by Gasteiger charge is 2.70. The lowest BCUT2D eigenvalue weighted by Gasteiger charge is -2.69. The van der Waals surface area contributed by atoms with Crippen molar-refractivity contribution in [2.45, 2.75) is 26.2 Å². The summed E-state index contributed by atoms with van der Waals surface area (Å²) in [5.74, 6) is -0.184. The topological polar surface area (TPSA) is 52.1 Å². The van der Waals surface area contributed by atoms with Crippen LogP contribution in [0.15, 0.2) is 12.4 Å². The van der Waals surface area contributed by atoms with E-state index in [1.54, 1.807) is 6.92 Å². The maximum Gasteiger partial charge on any atom is 0.316 e. The Bertz CT molecular complexity index is 452. The lowest BCUT2D eigenvalue weighted by atomic mass is 9.34. The van der Waals surface area contributed by atoms with Crippen LogP contribution < -0.4 is 4.74 Å². The van der Waals surface area contributed by atoms with E-state index in [1.807, 2.05) is 0 Å². The average molecular weight is 236 g/mol. The maximum absolute atomic E-state index is 12.6. The van der Waals surface area contributed by atoms with Gasteiger partial charge in [0.1, 0.15) is 5.78 Å². The number of hydrogen-bond donors (Lipinski definition) is 0. The molecule has 1 aromatic rings. The Morgan fingerprint density at radius 3 is 2.53 bits per heavy atom. The number of ketones is 1. The molecule has 3 aliphatic carbocycles. The third kappa shape index (κ3) is 1.52. The van der Waals surface area contributed by atoms with E-state index in [-0.39, 0.29) is 22.6 Å². The minimum Gasteiger partial charge on any atom is -0.463 e. The molecule has 1 heterocycles. The Morgan fingerprint density at radius 1 is 1.41 bits per heavy atom. The first kappa shape index (κ1) is 10.6. The van der Waals surface area contributed by atoms with Gasteiger partial charge in [-0.3, -0.25) is 4.79 Å². The highest BCUT2D eigenvalue weighted by molar-refractivity contribution is 5.86. The molecule has 0 radical (unpaired) electrons. The minimum absolute atomic E-state index is 0.0486. The highest BCUT2D eigenvalue weighted by atomic mass is 19.1. The average Bonchev–Trinajstić information content (AvgIpc) is 2.16. The predicted molar refractivity (Wildman–Crippen MR) is 56.9 cm³/mol. The number of Topliss-reactive ketones (excluding diaryl/α,β-unsaturated/α-hetero) is 1. The van der Waals surface area contributed by atoms with Gasteiger partial charge < -0.3 is 4.74 Å². The van der Waals surface area contributed by atoms with Crippen LogP contribution in [0, 0.1) is 16.6 Å². The van der Waals surface area contributed by atoms with Crippen LogP contribution in [-0.4, -0.2) is 22.4 Å². The minimum atomic E-state index is -0.474. The van der Waals surface area contributed by atoms with Gasteiger partial charge in [-0.15, -0.1) is 0 Å². The van der Waals surface area contributed by atoms with Crippen LogP contribution in [0.1, 0.15) is 26.2 Å². The van der Waals surface area contributed by atoms with Gasteiger partial charge in [-0.1, -0.05) is 0 Å². The molecule has 4 rings (SSSR count). The molecule has 0 unspecified atom stereocenters. The fourth-order valence-electron chi connectivity index (χ4n) is 3.12. The number of nitrogens with zero attached hydrogens (tertiary/aromatic N) is 2. The number of hydrogen-bond acceptors (Lipinski definition) is 4. The summed E-state index contributed by atoms with van der Waals surface area (Å²) in [6.07, 6.45) is 4.91.